The number of carbonyl (C=O) groups is 3. The van der Waals surface area contributed by atoms with Crippen molar-refractivity contribution >= 4 is 23.4 Å². The molecule has 1 heterocycles. The summed E-state index contributed by atoms with van der Waals surface area (Å²) in [7, 11) is 1.55. The molecule has 0 bridgehead atoms. The lowest BCUT2D eigenvalue weighted by Crippen LogP contribution is -2.31. The number of anilines is 1. The average Bonchev–Trinajstić information content (AvgIpc) is 2.83. The number of pyridine rings is 1. The molecule has 0 atom stereocenters. The SMILES string of the molecule is COc1ccc(C(=O)Nc2ccccc2C(=O)NCCC(=O)NCc2ccncc2)cc1. The third-order valence-electron chi connectivity index (χ3n) is 4.65. The zero-order valence-electron chi connectivity index (χ0n) is 17.6. The molecule has 0 radical (unpaired) electrons. The van der Waals surface area contributed by atoms with E-state index < -0.39 is 0 Å². The Morgan fingerprint density at radius 2 is 1.59 bits per heavy atom. The Morgan fingerprint density at radius 1 is 0.875 bits per heavy atom. The van der Waals surface area contributed by atoms with E-state index in [-0.39, 0.29) is 30.7 Å². The summed E-state index contributed by atoms with van der Waals surface area (Å²) in [4.78, 5) is 41.1. The summed E-state index contributed by atoms with van der Waals surface area (Å²) in [5.74, 6) is -0.254. The van der Waals surface area contributed by atoms with Gasteiger partial charge in [0.1, 0.15) is 5.75 Å². The van der Waals surface area contributed by atoms with Crippen molar-refractivity contribution in [3.8, 4) is 5.75 Å². The van der Waals surface area contributed by atoms with Gasteiger partial charge in [-0.3, -0.25) is 19.4 Å². The summed E-state index contributed by atoms with van der Waals surface area (Å²) in [6, 6.07) is 17.0. The number of amides is 3. The fraction of sp³-hybridized carbons (Fsp3) is 0.167. The van der Waals surface area contributed by atoms with Gasteiger partial charge in [0, 0.05) is 37.5 Å². The van der Waals surface area contributed by atoms with E-state index in [9.17, 15) is 14.4 Å². The highest BCUT2D eigenvalue weighted by Gasteiger charge is 2.14. The Hall–Kier alpha value is -4.20. The van der Waals surface area contributed by atoms with Gasteiger partial charge in [-0.2, -0.15) is 0 Å². The Morgan fingerprint density at radius 3 is 2.31 bits per heavy atom. The molecular weight excluding hydrogens is 408 g/mol. The molecule has 3 rings (SSSR count). The van der Waals surface area contributed by atoms with Crippen LogP contribution in [0, 0.1) is 0 Å². The third kappa shape index (κ3) is 6.40. The Balaban J connectivity index is 1.52. The molecule has 0 spiro atoms. The molecule has 3 aromatic rings. The van der Waals surface area contributed by atoms with Crippen molar-refractivity contribution in [3.63, 3.8) is 0 Å². The number of nitrogens with zero attached hydrogens (tertiary/aromatic N) is 1. The first-order chi connectivity index (χ1) is 15.6. The van der Waals surface area contributed by atoms with Crippen molar-refractivity contribution in [2.75, 3.05) is 19.0 Å². The number of ether oxygens (including phenoxy) is 1. The molecule has 8 nitrogen and oxygen atoms in total. The molecule has 0 saturated heterocycles. The van der Waals surface area contributed by atoms with Crippen molar-refractivity contribution in [1.29, 1.82) is 0 Å². The van der Waals surface area contributed by atoms with E-state index in [1.165, 1.54) is 0 Å². The van der Waals surface area contributed by atoms with Gasteiger partial charge in [0.25, 0.3) is 11.8 Å². The van der Waals surface area contributed by atoms with Gasteiger partial charge in [0.2, 0.25) is 5.91 Å². The second-order valence-electron chi connectivity index (χ2n) is 6.87. The van der Waals surface area contributed by atoms with Crippen LogP contribution in [-0.2, 0) is 11.3 Å². The molecule has 3 amide bonds. The van der Waals surface area contributed by atoms with Gasteiger partial charge >= 0.3 is 0 Å². The largest absolute Gasteiger partial charge is 0.497 e. The number of hydrogen-bond donors (Lipinski definition) is 3. The van der Waals surface area contributed by atoms with E-state index in [2.05, 4.69) is 20.9 Å². The van der Waals surface area contributed by atoms with Crippen LogP contribution in [0.15, 0.2) is 73.1 Å². The lowest BCUT2D eigenvalue weighted by atomic mass is 10.1. The molecule has 2 aromatic carbocycles. The van der Waals surface area contributed by atoms with E-state index in [0.29, 0.717) is 29.1 Å². The van der Waals surface area contributed by atoms with E-state index in [0.717, 1.165) is 5.56 Å². The van der Waals surface area contributed by atoms with Crippen LogP contribution in [0.1, 0.15) is 32.7 Å². The van der Waals surface area contributed by atoms with Crippen molar-refractivity contribution < 1.29 is 19.1 Å². The van der Waals surface area contributed by atoms with Crippen LogP contribution in [0.4, 0.5) is 5.69 Å². The first-order valence-electron chi connectivity index (χ1n) is 10.0. The summed E-state index contributed by atoms with van der Waals surface area (Å²) in [6.45, 7) is 0.567. The number of para-hydroxylation sites is 1. The normalized spacial score (nSPS) is 10.2. The summed E-state index contributed by atoms with van der Waals surface area (Å²) in [5, 5.41) is 8.27. The maximum atomic E-state index is 12.6. The van der Waals surface area contributed by atoms with Gasteiger partial charge in [-0.25, -0.2) is 0 Å². The van der Waals surface area contributed by atoms with Crippen LogP contribution in [0.5, 0.6) is 5.75 Å². The minimum Gasteiger partial charge on any atom is -0.497 e. The molecule has 0 aliphatic rings. The topological polar surface area (TPSA) is 109 Å². The third-order valence-corrected chi connectivity index (χ3v) is 4.65. The molecule has 164 valence electrons. The molecule has 0 aliphatic heterocycles. The number of benzene rings is 2. The fourth-order valence-corrected chi connectivity index (χ4v) is 2.90. The van der Waals surface area contributed by atoms with Crippen LogP contribution in [0.2, 0.25) is 0 Å². The summed E-state index contributed by atoms with van der Waals surface area (Å²) in [6.07, 6.45) is 3.45. The van der Waals surface area contributed by atoms with Gasteiger partial charge in [0.05, 0.1) is 18.4 Å². The van der Waals surface area contributed by atoms with Gasteiger partial charge in [-0.15, -0.1) is 0 Å². The quantitative estimate of drug-likeness (QED) is 0.482. The zero-order chi connectivity index (χ0) is 22.8. The van der Waals surface area contributed by atoms with Crippen LogP contribution in [0.3, 0.4) is 0 Å². The fourth-order valence-electron chi connectivity index (χ4n) is 2.90. The van der Waals surface area contributed by atoms with Crippen LogP contribution in [-0.4, -0.2) is 36.4 Å². The number of methoxy groups -OCH3 is 1. The Labute approximate surface area is 186 Å². The Kier molecular flexibility index (Phi) is 7.91. The predicted octanol–water partition coefficient (Wildman–Crippen LogP) is 2.78. The van der Waals surface area contributed by atoms with E-state index >= 15 is 0 Å². The average molecular weight is 432 g/mol. The van der Waals surface area contributed by atoms with Crippen molar-refractivity contribution in [2.45, 2.75) is 13.0 Å². The molecule has 32 heavy (non-hydrogen) atoms. The second kappa shape index (κ2) is 11.3. The van der Waals surface area contributed by atoms with Gasteiger partial charge < -0.3 is 20.7 Å². The van der Waals surface area contributed by atoms with E-state index in [1.807, 2.05) is 12.1 Å². The van der Waals surface area contributed by atoms with E-state index in [4.69, 9.17) is 4.74 Å². The van der Waals surface area contributed by atoms with Crippen molar-refractivity contribution in [3.05, 3.63) is 89.7 Å². The molecule has 0 fully saturated rings. The second-order valence-corrected chi connectivity index (χ2v) is 6.87. The molecule has 0 unspecified atom stereocenters. The maximum Gasteiger partial charge on any atom is 0.255 e. The van der Waals surface area contributed by atoms with Crippen LogP contribution >= 0.6 is 0 Å². The lowest BCUT2D eigenvalue weighted by Gasteiger charge is -2.12. The van der Waals surface area contributed by atoms with Crippen molar-refractivity contribution in [2.24, 2.45) is 0 Å². The standard InChI is InChI=1S/C24H24N4O4/c1-32-19-8-6-18(7-9-19)23(30)28-21-5-3-2-4-20(21)24(31)26-15-12-22(29)27-16-17-10-13-25-14-11-17/h2-11,13-14H,12,15-16H2,1H3,(H,26,31)(H,27,29)(H,28,30). The van der Waals surface area contributed by atoms with Crippen LogP contribution < -0.4 is 20.7 Å². The summed E-state index contributed by atoms with van der Waals surface area (Å²) >= 11 is 0. The maximum absolute atomic E-state index is 12.6. The lowest BCUT2D eigenvalue weighted by molar-refractivity contribution is -0.121. The van der Waals surface area contributed by atoms with Gasteiger partial charge in [-0.1, -0.05) is 12.1 Å². The highest BCUT2D eigenvalue weighted by molar-refractivity contribution is 6.09. The summed E-state index contributed by atoms with van der Waals surface area (Å²) < 4.78 is 5.09. The highest BCUT2D eigenvalue weighted by Crippen LogP contribution is 2.17. The number of carbonyl (C=O) groups excluding carboxylic acids is 3. The molecule has 0 aliphatic carbocycles. The molecular formula is C24H24N4O4. The minimum atomic E-state index is -0.377. The summed E-state index contributed by atoms with van der Waals surface area (Å²) in [5.41, 5.74) is 2.07. The molecule has 3 N–H and O–H groups in total. The molecule has 1 aromatic heterocycles. The minimum absolute atomic E-state index is 0.136. The van der Waals surface area contributed by atoms with E-state index in [1.54, 1.807) is 68.0 Å². The first-order valence-corrected chi connectivity index (χ1v) is 10.0. The predicted molar refractivity (Wildman–Crippen MR) is 120 cm³/mol. The molecule has 0 saturated carbocycles. The smallest absolute Gasteiger partial charge is 0.255 e. The Bertz CT molecular complexity index is 1070. The highest BCUT2D eigenvalue weighted by atomic mass is 16.5. The van der Waals surface area contributed by atoms with Crippen molar-refractivity contribution in [1.82, 2.24) is 15.6 Å². The first kappa shape index (κ1) is 22.5. The number of nitrogens with one attached hydrogen (secondary N) is 3. The van der Waals surface area contributed by atoms with Gasteiger partial charge in [-0.05, 0) is 54.1 Å². The monoisotopic (exact) mass is 432 g/mol. The zero-order valence-corrected chi connectivity index (χ0v) is 17.6. The number of aromatic nitrogens is 1. The number of hydrogen-bond acceptors (Lipinski definition) is 5. The number of rotatable bonds is 9. The molecule has 8 heteroatoms. The van der Waals surface area contributed by atoms with Gasteiger partial charge in [0.15, 0.2) is 0 Å². The van der Waals surface area contributed by atoms with Crippen LogP contribution in [0.25, 0.3) is 0 Å².